The minimum atomic E-state index is -3.80. The van der Waals surface area contributed by atoms with E-state index in [1.165, 1.54) is 21.6 Å². The molecule has 3 atom stereocenters. The fraction of sp³-hybridized carbons (Fsp3) is 0.619. The molecule has 0 aliphatic carbocycles. The summed E-state index contributed by atoms with van der Waals surface area (Å²) in [6.07, 6.45) is 3.25. The average Bonchev–Trinajstić information content (AvgIpc) is 3.18. The van der Waals surface area contributed by atoms with Crippen molar-refractivity contribution in [1.82, 2.24) is 13.5 Å². The molecular weight excluding hydrogens is 409 g/mol. The molecule has 0 radical (unpaired) electrons. The second-order valence-electron chi connectivity index (χ2n) is 8.44. The number of benzene rings is 1. The quantitative estimate of drug-likeness (QED) is 0.707. The summed E-state index contributed by atoms with van der Waals surface area (Å²) in [5.41, 5.74) is 0.387. The van der Waals surface area contributed by atoms with Crippen LogP contribution in [0, 0.1) is 11.7 Å². The maximum absolute atomic E-state index is 14.2. The zero-order chi connectivity index (χ0) is 21.5. The van der Waals surface area contributed by atoms with Crippen molar-refractivity contribution >= 4 is 21.9 Å². The van der Waals surface area contributed by atoms with Gasteiger partial charge < -0.3 is 4.90 Å². The first-order valence-corrected chi connectivity index (χ1v) is 12.0. The molecule has 9 heteroatoms. The Labute approximate surface area is 177 Å². The third-order valence-corrected chi connectivity index (χ3v) is 8.61. The van der Waals surface area contributed by atoms with Gasteiger partial charge >= 0.3 is 0 Å². The van der Waals surface area contributed by atoms with Gasteiger partial charge in [0.15, 0.2) is 5.78 Å². The zero-order valence-corrected chi connectivity index (χ0v) is 18.0. The molecule has 30 heavy (non-hydrogen) atoms. The fourth-order valence-electron chi connectivity index (χ4n) is 4.89. The standard InChI is InChI=1S/C21H28FN3O4S/c1-15(26)19-9-5-12-24(19)21(27)16-6-4-11-23(14-16)30(28,29)25-13-10-20(25)17-7-2-3-8-18(17)22/h2-3,7-8,16,19-20H,4-6,9-14H2,1H3/t16-,19+,20?/m0/s1. The van der Waals surface area contributed by atoms with Gasteiger partial charge in [-0.3, -0.25) is 9.59 Å². The first-order chi connectivity index (χ1) is 14.3. The minimum Gasteiger partial charge on any atom is -0.332 e. The zero-order valence-electron chi connectivity index (χ0n) is 17.2. The van der Waals surface area contributed by atoms with Gasteiger partial charge in [-0.15, -0.1) is 0 Å². The normalized spacial score (nSPS) is 28.3. The molecule has 1 amide bonds. The number of piperidine rings is 1. The van der Waals surface area contributed by atoms with Gasteiger partial charge in [-0.1, -0.05) is 18.2 Å². The van der Waals surface area contributed by atoms with E-state index in [-0.39, 0.29) is 24.3 Å². The largest absolute Gasteiger partial charge is 0.332 e. The Balaban J connectivity index is 1.48. The van der Waals surface area contributed by atoms with Gasteiger partial charge in [0.1, 0.15) is 5.82 Å². The van der Waals surface area contributed by atoms with Crippen LogP contribution in [0.3, 0.4) is 0 Å². The molecule has 1 aromatic rings. The van der Waals surface area contributed by atoms with E-state index in [4.69, 9.17) is 0 Å². The summed E-state index contributed by atoms with van der Waals surface area (Å²) in [6.45, 7) is 2.86. The highest BCUT2D eigenvalue weighted by Crippen LogP contribution is 2.39. The number of hydrogen-bond acceptors (Lipinski definition) is 4. The van der Waals surface area contributed by atoms with Crippen molar-refractivity contribution in [2.75, 3.05) is 26.2 Å². The number of halogens is 1. The topological polar surface area (TPSA) is 78.0 Å². The molecule has 3 aliphatic heterocycles. The molecule has 3 saturated heterocycles. The highest BCUT2D eigenvalue weighted by molar-refractivity contribution is 7.86. The Hall–Kier alpha value is -1.84. The van der Waals surface area contributed by atoms with Crippen LogP contribution in [0.15, 0.2) is 24.3 Å². The number of ketones is 1. The Morgan fingerprint density at radius 1 is 1.03 bits per heavy atom. The first-order valence-electron chi connectivity index (χ1n) is 10.6. The summed E-state index contributed by atoms with van der Waals surface area (Å²) in [4.78, 5) is 26.6. The lowest BCUT2D eigenvalue weighted by Crippen LogP contribution is -2.55. The van der Waals surface area contributed by atoms with Crippen molar-refractivity contribution in [3.8, 4) is 0 Å². The van der Waals surface area contributed by atoms with Gasteiger partial charge in [0.2, 0.25) is 5.91 Å². The molecule has 164 valence electrons. The molecule has 3 fully saturated rings. The smallest absolute Gasteiger partial charge is 0.282 e. The number of hydrogen-bond donors (Lipinski definition) is 0. The van der Waals surface area contributed by atoms with E-state index in [9.17, 15) is 22.4 Å². The maximum atomic E-state index is 14.2. The van der Waals surface area contributed by atoms with Gasteiger partial charge in [0.25, 0.3) is 10.2 Å². The molecule has 0 saturated carbocycles. The molecular formula is C21H28FN3O4S. The van der Waals surface area contributed by atoms with Crippen LogP contribution in [-0.4, -0.2) is 65.8 Å². The van der Waals surface area contributed by atoms with Crippen LogP contribution in [0.1, 0.15) is 50.6 Å². The maximum Gasteiger partial charge on any atom is 0.282 e. The van der Waals surface area contributed by atoms with E-state index >= 15 is 0 Å². The predicted molar refractivity (Wildman–Crippen MR) is 109 cm³/mol. The minimum absolute atomic E-state index is 0.0190. The lowest BCUT2D eigenvalue weighted by molar-refractivity contribution is -0.141. The van der Waals surface area contributed by atoms with Crippen molar-refractivity contribution < 1.29 is 22.4 Å². The summed E-state index contributed by atoms with van der Waals surface area (Å²) < 4.78 is 43.5. The number of carbonyl (C=O) groups excluding carboxylic acids is 2. The molecule has 0 bridgehead atoms. The molecule has 3 heterocycles. The first kappa shape index (κ1) is 21.4. The molecule has 7 nitrogen and oxygen atoms in total. The third-order valence-electron chi connectivity index (χ3n) is 6.60. The van der Waals surface area contributed by atoms with E-state index in [1.807, 2.05) is 0 Å². The highest BCUT2D eigenvalue weighted by Gasteiger charge is 2.45. The van der Waals surface area contributed by atoms with Crippen molar-refractivity contribution in [3.05, 3.63) is 35.6 Å². The second-order valence-corrected chi connectivity index (χ2v) is 10.3. The number of nitrogens with zero attached hydrogens (tertiary/aromatic N) is 3. The van der Waals surface area contributed by atoms with Crippen molar-refractivity contribution in [3.63, 3.8) is 0 Å². The van der Waals surface area contributed by atoms with Gasteiger partial charge in [-0.2, -0.15) is 17.0 Å². The number of rotatable bonds is 5. The van der Waals surface area contributed by atoms with E-state index in [0.717, 1.165) is 6.42 Å². The summed E-state index contributed by atoms with van der Waals surface area (Å²) in [5.74, 6) is -0.989. The Morgan fingerprint density at radius 2 is 1.77 bits per heavy atom. The van der Waals surface area contributed by atoms with Crippen LogP contribution in [0.25, 0.3) is 0 Å². The number of amides is 1. The van der Waals surface area contributed by atoms with Crippen molar-refractivity contribution in [1.29, 1.82) is 0 Å². The van der Waals surface area contributed by atoms with Crippen LogP contribution >= 0.6 is 0 Å². The van der Waals surface area contributed by atoms with Crippen LogP contribution in [0.4, 0.5) is 4.39 Å². The molecule has 0 spiro atoms. The number of Topliss-reactive ketones (excluding diaryl/α,β-unsaturated/α-hetero) is 1. The SMILES string of the molecule is CC(=O)[C@H]1CCCN1C(=O)[C@H]1CCCN(S(=O)(=O)N2CCC2c2ccccc2F)C1. The summed E-state index contributed by atoms with van der Waals surface area (Å²) >= 11 is 0. The van der Waals surface area contributed by atoms with E-state index < -0.39 is 28.0 Å². The van der Waals surface area contributed by atoms with E-state index in [2.05, 4.69) is 0 Å². The molecule has 1 unspecified atom stereocenters. The average molecular weight is 438 g/mol. The van der Waals surface area contributed by atoms with E-state index in [0.29, 0.717) is 50.9 Å². The van der Waals surface area contributed by atoms with Crippen LogP contribution < -0.4 is 0 Å². The van der Waals surface area contributed by atoms with Gasteiger partial charge in [-0.25, -0.2) is 4.39 Å². The van der Waals surface area contributed by atoms with Gasteiger partial charge in [0.05, 0.1) is 18.0 Å². The predicted octanol–water partition coefficient (Wildman–Crippen LogP) is 2.11. The highest BCUT2D eigenvalue weighted by atomic mass is 32.2. The Kier molecular flexibility index (Phi) is 5.96. The summed E-state index contributed by atoms with van der Waals surface area (Å²) in [5, 5.41) is 0. The monoisotopic (exact) mass is 437 g/mol. The second kappa shape index (κ2) is 8.36. The van der Waals surface area contributed by atoms with Crippen LogP contribution in [0.5, 0.6) is 0 Å². The van der Waals surface area contributed by atoms with Gasteiger partial charge in [-0.05, 0) is 45.1 Å². The van der Waals surface area contributed by atoms with Gasteiger partial charge in [0, 0.05) is 31.7 Å². The lowest BCUT2D eigenvalue weighted by atomic mass is 9.97. The molecule has 1 aromatic carbocycles. The van der Waals surface area contributed by atoms with Crippen molar-refractivity contribution in [2.45, 2.75) is 51.1 Å². The Morgan fingerprint density at radius 3 is 2.43 bits per heavy atom. The molecule has 4 rings (SSSR count). The van der Waals surface area contributed by atoms with Crippen LogP contribution in [0.2, 0.25) is 0 Å². The lowest BCUT2D eigenvalue weighted by Gasteiger charge is -2.44. The number of likely N-dealkylation sites (tertiary alicyclic amines) is 1. The number of carbonyl (C=O) groups is 2. The van der Waals surface area contributed by atoms with Crippen molar-refractivity contribution in [2.24, 2.45) is 5.92 Å². The summed E-state index contributed by atoms with van der Waals surface area (Å²) in [7, 11) is -3.80. The Bertz CT molecular complexity index is 938. The fourth-order valence-corrected chi connectivity index (χ4v) is 6.79. The molecule has 3 aliphatic rings. The molecule has 0 aromatic heterocycles. The third kappa shape index (κ3) is 3.78. The van der Waals surface area contributed by atoms with E-state index in [1.54, 1.807) is 23.1 Å². The van der Waals surface area contributed by atoms with Crippen LogP contribution in [-0.2, 0) is 19.8 Å². The molecule has 0 N–H and O–H groups in total. The summed E-state index contributed by atoms with van der Waals surface area (Å²) in [6, 6.07) is 5.37.